The van der Waals surface area contributed by atoms with Crippen LogP contribution in [0.25, 0.3) is 0 Å². The van der Waals surface area contributed by atoms with Gasteiger partial charge in [0.15, 0.2) is 0 Å². The Labute approximate surface area is 153 Å². The lowest BCUT2D eigenvalue weighted by Crippen LogP contribution is -2.28. The van der Waals surface area contributed by atoms with Gasteiger partial charge in [0.25, 0.3) is 0 Å². The van der Waals surface area contributed by atoms with Crippen molar-refractivity contribution < 1.29 is 9.84 Å². The van der Waals surface area contributed by atoms with Crippen molar-refractivity contribution in [1.29, 1.82) is 0 Å². The lowest BCUT2D eigenvalue weighted by Gasteiger charge is -2.31. The number of fused-ring (bicyclic) bond motifs is 1. The Kier molecular flexibility index (Phi) is 6.04. The molecule has 0 atom stereocenters. The number of phenolic OH excluding ortho intramolecular Hbond substituents is 1. The first-order valence-electron chi connectivity index (χ1n) is 8.64. The third-order valence-corrected chi connectivity index (χ3v) is 5.10. The van der Waals surface area contributed by atoms with Gasteiger partial charge in [0, 0.05) is 6.07 Å². The minimum atomic E-state index is 0.240. The second-order valence-corrected chi connectivity index (χ2v) is 6.92. The maximum absolute atomic E-state index is 9.69. The highest BCUT2D eigenvalue weighted by molar-refractivity contribution is 7.98. The number of benzene rings is 1. The summed E-state index contributed by atoms with van der Waals surface area (Å²) in [6.45, 7) is 5.93. The minimum Gasteiger partial charge on any atom is -0.508 e. The number of anilines is 2. The van der Waals surface area contributed by atoms with E-state index in [0.717, 1.165) is 34.3 Å². The first-order valence-corrected chi connectivity index (χ1v) is 9.86. The van der Waals surface area contributed by atoms with Gasteiger partial charge in [-0.15, -0.1) is 11.8 Å². The van der Waals surface area contributed by atoms with Crippen LogP contribution < -0.4 is 15.0 Å². The zero-order chi connectivity index (χ0) is 17.6. The third-order valence-electron chi connectivity index (χ3n) is 4.28. The van der Waals surface area contributed by atoms with Crippen LogP contribution in [-0.4, -0.2) is 42.6 Å². The topological polar surface area (TPSA) is 57.6 Å². The number of thioether (sulfide) groups is 1. The van der Waals surface area contributed by atoms with Gasteiger partial charge in [0.2, 0.25) is 0 Å². The molecule has 1 aromatic heterocycles. The van der Waals surface area contributed by atoms with Crippen LogP contribution in [0, 0.1) is 6.92 Å². The molecular formula is C19H25N3O2S. The molecule has 6 heteroatoms. The molecule has 134 valence electrons. The van der Waals surface area contributed by atoms with E-state index in [9.17, 15) is 5.11 Å². The molecule has 0 bridgehead atoms. The Morgan fingerprint density at radius 2 is 2.04 bits per heavy atom. The quantitative estimate of drug-likeness (QED) is 0.797. The van der Waals surface area contributed by atoms with Gasteiger partial charge in [-0.25, -0.2) is 4.98 Å². The van der Waals surface area contributed by atoms with Crippen molar-refractivity contribution in [3.05, 3.63) is 36.0 Å². The zero-order valence-electron chi connectivity index (χ0n) is 14.8. The van der Waals surface area contributed by atoms with Crippen LogP contribution in [0.2, 0.25) is 0 Å². The van der Waals surface area contributed by atoms with Gasteiger partial charge < -0.3 is 20.1 Å². The van der Waals surface area contributed by atoms with E-state index in [4.69, 9.17) is 4.74 Å². The van der Waals surface area contributed by atoms with E-state index in [1.54, 1.807) is 30.0 Å². The Morgan fingerprint density at radius 3 is 2.68 bits per heavy atom. The molecule has 2 aromatic rings. The maximum atomic E-state index is 9.69. The largest absolute Gasteiger partial charge is 0.508 e. The fraction of sp³-hybridized carbons (Fsp3) is 0.421. The number of nitrogens with zero attached hydrogens (tertiary/aromatic N) is 2. The molecule has 0 radical (unpaired) electrons. The molecule has 0 unspecified atom stereocenters. The van der Waals surface area contributed by atoms with E-state index in [0.29, 0.717) is 6.61 Å². The lowest BCUT2D eigenvalue weighted by molar-refractivity contribution is 0.313. The molecule has 0 amide bonds. The molecule has 2 aliphatic rings. The van der Waals surface area contributed by atoms with Gasteiger partial charge in [0.1, 0.15) is 18.1 Å². The van der Waals surface area contributed by atoms with Crippen LogP contribution in [0.5, 0.6) is 11.5 Å². The van der Waals surface area contributed by atoms with Gasteiger partial charge in [-0.05, 0) is 62.9 Å². The molecule has 0 spiro atoms. The number of nitrogens with one attached hydrogen (secondary N) is 1. The number of rotatable bonds is 2. The second-order valence-electron chi connectivity index (χ2n) is 6.13. The van der Waals surface area contributed by atoms with E-state index in [1.807, 2.05) is 12.5 Å². The van der Waals surface area contributed by atoms with E-state index in [1.165, 1.54) is 25.9 Å². The monoisotopic (exact) mass is 359 g/mol. The van der Waals surface area contributed by atoms with Gasteiger partial charge in [0.05, 0.1) is 29.1 Å². The molecular weight excluding hydrogens is 334 g/mol. The van der Waals surface area contributed by atoms with E-state index >= 15 is 0 Å². The minimum absolute atomic E-state index is 0.240. The number of aromatic hydroxyl groups is 1. The summed E-state index contributed by atoms with van der Waals surface area (Å²) in [5.41, 5.74) is 3.06. The standard InChI is InChI=1S/C15H16N2O2S.C4H9N/c1-10-7-11(9-16-15(10)20-2)17-5-6-19-14-4-3-12(18)8-13(14)17;1-2-4-5-3-1/h3-4,7-9,18H,5-6H2,1-2H3;5H,1-4H2. The van der Waals surface area contributed by atoms with Crippen molar-refractivity contribution >= 4 is 23.1 Å². The average Bonchev–Trinajstić information content (AvgIpc) is 3.21. The second kappa shape index (κ2) is 8.45. The predicted molar refractivity (Wildman–Crippen MR) is 103 cm³/mol. The number of aromatic nitrogens is 1. The number of ether oxygens (including phenoxy) is 1. The number of hydrogen-bond acceptors (Lipinski definition) is 6. The lowest BCUT2D eigenvalue weighted by atomic mass is 10.2. The smallest absolute Gasteiger partial charge is 0.143 e. The number of hydrogen-bond donors (Lipinski definition) is 2. The van der Waals surface area contributed by atoms with Gasteiger partial charge in [-0.3, -0.25) is 0 Å². The first-order chi connectivity index (χ1) is 12.2. The molecule has 1 fully saturated rings. The maximum Gasteiger partial charge on any atom is 0.143 e. The van der Waals surface area contributed by atoms with Crippen LogP contribution in [0.4, 0.5) is 11.4 Å². The van der Waals surface area contributed by atoms with Crippen LogP contribution in [0.1, 0.15) is 18.4 Å². The molecule has 1 aromatic carbocycles. The van der Waals surface area contributed by atoms with Gasteiger partial charge >= 0.3 is 0 Å². The Hall–Kier alpha value is -1.92. The van der Waals surface area contributed by atoms with Crippen molar-refractivity contribution in [3.63, 3.8) is 0 Å². The van der Waals surface area contributed by atoms with Crippen molar-refractivity contribution in [3.8, 4) is 11.5 Å². The number of pyridine rings is 1. The van der Waals surface area contributed by atoms with Crippen molar-refractivity contribution in [2.45, 2.75) is 24.8 Å². The Balaban J connectivity index is 0.000000314. The molecule has 2 aliphatic heterocycles. The summed E-state index contributed by atoms with van der Waals surface area (Å²) < 4.78 is 5.63. The molecule has 25 heavy (non-hydrogen) atoms. The zero-order valence-corrected chi connectivity index (χ0v) is 15.6. The normalized spacial score (nSPS) is 15.8. The van der Waals surface area contributed by atoms with E-state index in [-0.39, 0.29) is 5.75 Å². The van der Waals surface area contributed by atoms with Crippen LogP contribution in [0.15, 0.2) is 35.5 Å². The average molecular weight is 359 g/mol. The molecule has 3 heterocycles. The molecule has 4 rings (SSSR count). The molecule has 0 saturated carbocycles. The van der Waals surface area contributed by atoms with Gasteiger partial charge in [-0.1, -0.05) is 0 Å². The fourth-order valence-corrected chi connectivity index (χ4v) is 3.55. The molecule has 5 nitrogen and oxygen atoms in total. The SMILES string of the molecule is C1CCNC1.CSc1ncc(N2CCOc3ccc(O)cc32)cc1C. The summed E-state index contributed by atoms with van der Waals surface area (Å²) >= 11 is 1.64. The summed E-state index contributed by atoms with van der Waals surface area (Å²) in [4.78, 5) is 6.61. The molecule has 0 aliphatic carbocycles. The van der Waals surface area contributed by atoms with E-state index in [2.05, 4.69) is 28.2 Å². The highest BCUT2D eigenvalue weighted by atomic mass is 32.2. The summed E-state index contributed by atoms with van der Waals surface area (Å²) in [6, 6.07) is 7.29. The highest BCUT2D eigenvalue weighted by Crippen LogP contribution is 2.39. The third kappa shape index (κ3) is 4.38. The van der Waals surface area contributed by atoms with Crippen molar-refractivity contribution in [1.82, 2.24) is 10.3 Å². The predicted octanol–water partition coefficient (Wildman–Crippen LogP) is 3.72. The van der Waals surface area contributed by atoms with E-state index < -0.39 is 0 Å². The molecule has 2 N–H and O–H groups in total. The Bertz CT molecular complexity index is 712. The summed E-state index contributed by atoms with van der Waals surface area (Å²) in [6.07, 6.45) is 6.68. The highest BCUT2D eigenvalue weighted by Gasteiger charge is 2.20. The summed E-state index contributed by atoms with van der Waals surface area (Å²) in [5, 5.41) is 14.0. The summed E-state index contributed by atoms with van der Waals surface area (Å²) in [7, 11) is 0. The Morgan fingerprint density at radius 1 is 1.24 bits per heavy atom. The van der Waals surface area contributed by atoms with Crippen LogP contribution in [0.3, 0.4) is 0 Å². The number of phenols is 1. The van der Waals surface area contributed by atoms with Crippen molar-refractivity contribution in [2.24, 2.45) is 0 Å². The summed E-state index contributed by atoms with van der Waals surface area (Å²) in [5.74, 6) is 1.03. The fourth-order valence-electron chi connectivity index (χ4n) is 3.01. The van der Waals surface area contributed by atoms with Crippen molar-refractivity contribution in [2.75, 3.05) is 37.4 Å². The van der Waals surface area contributed by atoms with Crippen LogP contribution >= 0.6 is 11.8 Å². The first kappa shape index (κ1) is 17.9. The number of aryl methyl sites for hydroxylation is 1. The van der Waals surface area contributed by atoms with Gasteiger partial charge in [-0.2, -0.15) is 0 Å². The molecule has 1 saturated heterocycles. The van der Waals surface area contributed by atoms with Crippen LogP contribution in [-0.2, 0) is 0 Å².